The molecular weight excluding hydrogens is 252 g/mol. The number of nitrogens with two attached hydrogens (primary N) is 1. The number of para-hydroxylation sites is 1. The normalized spacial score (nSPS) is 18.3. The number of aromatic nitrogens is 1. The Kier molecular flexibility index (Phi) is 3.04. The van der Waals surface area contributed by atoms with Gasteiger partial charge < -0.3 is 10.6 Å². The quantitative estimate of drug-likeness (QED) is 0.842. The maximum atomic E-state index is 12.2. The SMILES string of the molecule is CN1C(=O)C(N)N=C(c2ccccn2)c2ccccc21. The van der Waals surface area contributed by atoms with Crippen molar-refractivity contribution in [3.63, 3.8) is 0 Å². The van der Waals surface area contributed by atoms with Gasteiger partial charge in [-0.25, -0.2) is 0 Å². The number of benzodiazepines with no additional fused rings is 1. The van der Waals surface area contributed by atoms with E-state index >= 15 is 0 Å². The molecule has 2 heterocycles. The number of carbonyl (C=O) groups is 1. The second-order valence-electron chi connectivity index (χ2n) is 4.55. The standard InChI is InChI=1S/C15H14N4O/c1-19-12-8-3-2-6-10(12)13(18-14(16)15(19)20)11-7-4-5-9-17-11/h2-9,14H,16H2,1H3. The Bertz CT molecular complexity index is 681. The summed E-state index contributed by atoms with van der Waals surface area (Å²) in [5.41, 5.74) is 8.86. The van der Waals surface area contributed by atoms with Crippen LogP contribution in [0.3, 0.4) is 0 Å². The molecule has 1 unspecified atom stereocenters. The molecular formula is C15H14N4O. The van der Waals surface area contributed by atoms with E-state index < -0.39 is 6.17 Å². The van der Waals surface area contributed by atoms with Crippen LogP contribution in [0.25, 0.3) is 0 Å². The lowest BCUT2D eigenvalue weighted by molar-refractivity contribution is -0.119. The minimum atomic E-state index is -0.913. The first-order chi connectivity index (χ1) is 9.68. The molecule has 0 saturated heterocycles. The lowest BCUT2D eigenvalue weighted by Crippen LogP contribution is -2.39. The van der Waals surface area contributed by atoms with Crippen LogP contribution in [-0.4, -0.2) is 29.8 Å². The first-order valence-electron chi connectivity index (χ1n) is 6.30. The van der Waals surface area contributed by atoms with Gasteiger partial charge in [0, 0.05) is 18.8 Å². The predicted molar refractivity (Wildman–Crippen MR) is 77.7 cm³/mol. The van der Waals surface area contributed by atoms with Gasteiger partial charge in [0.15, 0.2) is 6.17 Å². The van der Waals surface area contributed by atoms with Gasteiger partial charge in [-0.2, -0.15) is 0 Å². The van der Waals surface area contributed by atoms with Crippen molar-refractivity contribution in [1.29, 1.82) is 0 Å². The number of anilines is 1. The Balaban J connectivity index is 2.24. The summed E-state index contributed by atoms with van der Waals surface area (Å²) >= 11 is 0. The van der Waals surface area contributed by atoms with Gasteiger partial charge in [-0.05, 0) is 18.2 Å². The third-order valence-corrected chi connectivity index (χ3v) is 3.28. The molecule has 0 aliphatic carbocycles. The van der Waals surface area contributed by atoms with Gasteiger partial charge in [-0.1, -0.05) is 24.3 Å². The van der Waals surface area contributed by atoms with Crippen molar-refractivity contribution >= 4 is 17.3 Å². The number of nitrogens with zero attached hydrogens (tertiary/aromatic N) is 3. The first-order valence-corrected chi connectivity index (χ1v) is 6.30. The van der Waals surface area contributed by atoms with Crippen molar-refractivity contribution < 1.29 is 4.79 Å². The molecule has 0 saturated carbocycles. The highest BCUT2D eigenvalue weighted by Gasteiger charge is 2.27. The summed E-state index contributed by atoms with van der Waals surface area (Å²) in [5.74, 6) is -0.233. The molecule has 5 heteroatoms. The molecule has 20 heavy (non-hydrogen) atoms. The monoisotopic (exact) mass is 266 g/mol. The minimum Gasteiger partial charge on any atom is -0.312 e. The molecule has 2 aromatic rings. The van der Waals surface area contributed by atoms with Crippen molar-refractivity contribution in [2.45, 2.75) is 6.17 Å². The number of amides is 1. The van der Waals surface area contributed by atoms with Crippen molar-refractivity contribution in [2.75, 3.05) is 11.9 Å². The van der Waals surface area contributed by atoms with E-state index in [0.29, 0.717) is 11.4 Å². The van der Waals surface area contributed by atoms with Gasteiger partial charge in [0.1, 0.15) is 0 Å². The van der Waals surface area contributed by atoms with E-state index in [9.17, 15) is 4.79 Å². The van der Waals surface area contributed by atoms with Crippen LogP contribution in [0.15, 0.2) is 53.7 Å². The number of carbonyl (C=O) groups excluding carboxylic acids is 1. The number of hydrogen-bond donors (Lipinski definition) is 1. The summed E-state index contributed by atoms with van der Waals surface area (Å²) in [6.45, 7) is 0. The summed E-state index contributed by atoms with van der Waals surface area (Å²) in [6.07, 6.45) is 0.784. The van der Waals surface area contributed by atoms with E-state index in [1.165, 1.54) is 0 Å². The average Bonchev–Trinajstić information content (AvgIpc) is 2.60. The molecule has 1 amide bonds. The zero-order chi connectivity index (χ0) is 14.1. The second-order valence-corrected chi connectivity index (χ2v) is 4.55. The molecule has 100 valence electrons. The van der Waals surface area contributed by atoms with Crippen molar-refractivity contribution in [3.05, 3.63) is 59.9 Å². The molecule has 0 bridgehead atoms. The number of fused-ring (bicyclic) bond motifs is 1. The van der Waals surface area contributed by atoms with E-state index in [0.717, 1.165) is 11.3 Å². The Labute approximate surface area is 116 Å². The van der Waals surface area contributed by atoms with E-state index in [4.69, 9.17) is 5.73 Å². The molecule has 1 aromatic carbocycles. The van der Waals surface area contributed by atoms with Crippen LogP contribution in [0.5, 0.6) is 0 Å². The number of likely N-dealkylation sites (N-methyl/N-ethyl adjacent to an activating group) is 1. The minimum absolute atomic E-state index is 0.233. The van der Waals surface area contributed by atoms with Gasteiger partial charge >= 0.3 is 0 Å². The van der Waals surface area contributed by atoms with Crippen LogP contribution in [-0.2, 0) is 4.79 Å². The molecule has 1 aliphatic rings. The van der Waals surface area contributed by atoms with Gasteiger partial charge in [-0.3, -0.25) is 14.8 Å². The zero-order valence-electron chi connectivity index (χ0n) is 11.0. The van der Waals surface area contributed by atoms with Gasteiger partial charge in [0.25, 0.3) is 5.91 Å². The Morgan fingerprint density at radius 2 is 1.90 bits per heavy atom. The summed E-state index contributed by atoms with van der Waals surface area (Å²) in [5, 5.41) is 0. The Hall–Kier alpha value is -2.53. The van der Waals surface area contributed by atoms with Crippen LogP contribution < -0.4 is 10.6 Å². The molecule has 0 radical (unpaired) electrons. The highest BCUT2D eigenvalue weighted by atomic mass is 16.2. The number of benzene rings is 1. The van der Waals surface area contributed by atoms with Crippen molar-refractivity contribution in [3.8, 4) is 0 Å². The van der Waals surface area contributed by atoms with Gasteiger partial charge in [0.05, 0.1) is 17.1 Å². The topological polar surface area (TPSA) is 71.6 Å². The fourth-order valence-corrected chi connectivity index (χ4v) is 2.25. The highest BCUT2D eigenvalue weighted by molar-refractivity contribution is 6.19. The van der Waals surface area contributed by atoms with Crippen molar-refractivity contribution in [2.24, 2.45) is 10.7 Å². The molecule has 5 nitrogen and oxygen atoms in total. The van der Waals surface area contributed by atoms with Gasteiger partial charge in [-0.15, -0.1) is 0 Å². The van der Waals surface area contributed by atoms with E-state index in [1.54, 1.807) is 18.1 Å². The molecule has 2 N–H and O–H groups in total. The summed E-state index contributed by atoms with van der Waals surface area (Å²) in [4.78, 5) is 22.4. The Morgan fingerprint density at radius 3 is 2.65 bits per heavy atom. The number of aliphatic imine (C=N–C) groups is 1. The maximum absolute atomic E-state index is 12.2. The maximum Gasteiger partial charge on any atom is 0.266 e. The second kappa shape index (κ2) is 4.86. The largest absolute Gasteiger partial charge is 0.312 e. The van der Waals surface area contributed by atoms with Crippen LogP contribution in [0.2, 0.25) is 0 Å². The molecule has 0 spiro atoms. The molecule has 1 atom stereocenters. The van der Waals surface area contributed by atoms with Gasteiger partial charge in [0.2, 0.25) is 0 Å². The summed E-state index contributed by atoms with van der Waals surface area (Å²) in [6, 6.07) is 13.2. The summed E-state index contributed by atoms with van der Waals surface area (Å²) < 4.78 is 0. The zero-order valence-corrected chi connectivity index (χ0v) is 11.0. The molecule has 3 rings (SSSR count). The molecule has 1 aromatic heterocycles. The average molecular weight is 266 g/mol. The third-order valence-electron chi connectivity index (χ3n) is 3.28. The number of hydrogen-bond acceptors (Lipinski definition) is 4. The molecule has 0 fully saturated rings. The van der Waals surface area contributed by atoms with E-state index in [1.807, 2.05) is 42.5 Å². The fraction of sp³-hybridized carbons (Fsp3) is 0.133. The van der Waals surface area contributed by atoms with Crippen LogP contribution in [0, 0.1) is 0 Å². The van der Waals surface area contributed by atoms with Crippen LogP contribution in [0.1, 0.15) is 11.3 Å². The predicted octanol–water partition coefficient (Wildman–Crippen LogP) is 1.18. The third kappa shape index (κ3) is 1.98. The first kappa shape index (κ1) is 12.5. The lowest BCUT2D eigenvalue weighted by atomic mass is 10.0. The van der Waals surface area contributed by atoms with Crippen LogP contribution in [0.4, 0.5) is 5.69 Å². The highest BCUT2D eigenvalue weighted by Crippen LogP contribution is 2.25. The van der Waals surface area contributed by atoms with Crippen LogP contribution >= 0.6 is 0 Å². The lowest BCUT2D eigenvalue weighted by Gasteiger charge is -2.18. The van der Waals surface area contributed by atoms with Crippen molar-refractivity contribution in [1.82, 2.24) is 4.98 Å². The Morgan fingerprint density at radius 1 is 1.15 bits per heavy atom. The fourth-order valence-electron chi connectivity index (χ4n) is 2.25. The number of rotatable bonds is 1. The van der Waals surface area contributed by atoms with E-state index in [2.05, 4.69) is 9.98 Å². The number of pyridine rings is 1. The summed E-state index contributed by atoms with van der Waals surface area (Å²) in [7, 11) is 1.71. The van der Waals surface area contributed by atoms with E-state index in [-0.39, 0.29) is 5.91 Å². The molecule has 1 aliphatic heterocycles. The smallest absolute Gasteiger partial charge is 0.266 e.